The van der Waals surface area contributed by atoms with Crippen molar-refractivity contribution < 1.29 is 28.6 Å². The average molecular weight is 352 g/mol. The largest absolute Gasteiger partial charge is 0.465 e. The van der Waals surface area contributed by atoms with Crippen molar-refractivity contribution >= 4 is 12.2 Å². The Balaban J connectivity index is 1.36. The van der Waals surface area contributed by atoms with Gasteiger partial charge in [0, 0.05) is 6.54 Å². The van der Waals surface area contributed by atoms with Gasteiger partial charge in [-0.3, -0.25) is 0 Å². The lowest BCUT2D eigenvalue weighted by Crippen LogP contribution is -2.58. The molecule has 0 spiro atoms. The van der Waals surface area contributed by atoms with Gasteiger partial charge in [0.25, 0.3) is 0 Å². The zero-order valence-electron chi connectivity index (χ0n) is 13.7. The summed E-state index contributed by atoms with van der Waals surface area (Å²) in [6.07, 6.45) is -3.41. The first-order valence-electron chi connectivity index (χ1n) is 8.26. The summed E-state index contributed by atoms with van der Waals surface area (Å²) >= 11 is 0. The molecule has 0 aliphatic carbocycles. The number of hydrogen-bond acceptors (Lipinski definition) is 4. The minimum absolute atomic E-state index is 0.171. The Bertz CT molecular complexity index is 608. The molecule has 0 radical (unpaired) electrons. The van der Waals surface area contributed by atoms with E-state index in [0.29, 0.717) is 19.5 Å². The van der Waals surface area contributed by atoms with E-state index < -0.39 is 24.5 Å². The van der Waals surface area contributed by atoms with Crippen LogP contribution < -0.4 is 0 Å². The van der Waals surface area contributed by atoms with Crippen LogP contribution in [-0.4, -0.2) is 71.7 Å². The molecule has 2 heterocycles. The van der Waals surface area contributed by atoms with Gasteiger partial charge >= 0.3 is 12.2 Å². The number of ether oxygens (including phenoxy) is 2. The normalized spacial score (nSPS) is 23.9. The summed E-state index contributed by atoms with van der Waals surface area (Å²) in [4.78, 5) is 25.3. The number of hydrogen-bond donors (Lipinski definition) is 1. The predicted molar refractivity (Wildman–Crippen MR) is 86.0 cm³/mol. The first kappa shape index (κ1) is 17.5. The molecule has 25 heavy (non-hydrogen) atoms. The highest BCUT2D eigenvalue weighted by Gasteiger charge is 2.38. The number of amides is 2. The zero-order valence-corrected chi connectivity index (χ0v) is 13.7. The van der Waals surface area contributed by atoms with E-state index in [1.807, 2.05) is 30.3 Å². The number of alkyl halides is 1. The van der Waals surface area contributed by atoms with Crippen molar-refractivity contribution in [3.05, 3.63) is 35.9 Å². The lowest BCUT2D eigenvalue weighted by molar-refractivity contribution is -0.123. The molecule has 2 saturated heterocycles. The fourth-order valence-electron chi connectivity index (χ4n) is 2.94. The van der Waals surface area contributed by atoms with Crippen molar-refractivity contribution in [2.75, 3.05) is 26.2 Å². The topological polar surface area (TPSA) is 79.3 Å². The molecular weight excluding hydrogens is 331 g/mol. The van der Waals surface area contributed by atoms with Crippen LogP contribution in [0.3, 0.4) is 0 Å². The molecule has 1 N–H and O–H groups in total. The van der Waals surface area contributed by atoms with Crippen LogP contribution in [0.25, 0.3) is 0 Å². The molecule has 1 aromatic rings. The van der Waals surface area contributed by atoms with E-state index in [-0.39, 0.29) is 25.8 Å². The summed E-state index contributed by atoms with van der Waals surface area (Å²) < 4.78 is 24.9. The minimum atomic E-state index is -1.34. The fourth-order valence-corrected chi connectivity index (χ4v) is 2.94. The number of carboxylic acid groups (broad SMARTS) is 1. The van der Waals surface area contributed by atoms with Crippen molar-refractivity contribution in [2.24, 2.45) is 0 Å². The van der Waals surface area contributed by atoms with Crippen molar-refractivity contribution in [1.29, 1.82) is 0 Å². The van der Waals surface area contributed by atoms with E-state index in [1.54, 1.807) is 0 Å². The molecule has 0 bridgehead atoms. The maximum absolute atomic E-state index is 14.0. The van der Waals surface area contributed by atoms with Gasteiger partial charge in [-0.2, -0.15) is 0 Å². The molecule has 0 aromatic heterocycles. The van der Waals surface area contributed by atoms with Gasteiger partial charge in [0.05, 0.1) is 31.8 Å². The van der Waals surface area contributed by atoms with E-state index in [9.17, 15) is 14.0 Å². The molecule has 1 aromatic carbocycles. The highest BCUT2D eigenvalue weighted by molar-refractivity contribution is 5.68. The number of likely N-dealkylation sites (tertiary alicyclic amines) is 2. The quantitative estimate of drug-likeness (QED) is 0.898. The van der Waals surface area contributed by atoms with Crippen molar-refractivity contribution in [1.82, 2.24) is 9.80 Å². The van der Waals surface area contributed by atoms with E-state index in [2.05, 4.69) is 0 Å². The second-order valence-electron chi connectivity index (χ2n) is 6.27. The SMILES string of the molecule is O=C(O)N1CC[C@@H](OC2CN(C(=O)OCc3ccccc3)C2)[C@H](F)C1. The van der Waals surface area contributed by atoms with E-state index in [4.69, 9.17) is 14.6 Å². The summed E-state index contributed by atoms with van der Waals surface area (Å²) in [5.74, 6) is 0. The summed E-state index contributed by atoms with van der Waals surface area (Å²) in [6.45, 7) is 1.02. The average Bonchev–Trinajstić information content (AvgIpc) is 2.57. The summed E-state index contributed by atoms with van der Waals surface area (Å²) in [7, 11) is 0. The second-order valence-corrected chi connectivity index (χ2v) is 6.27. The van der Waals surface area contributed by atoms with Gasteiger partial charge in [0.15, 0.2) is 0 Å². The fraction of sp³-hybridized carbons (Fsp3) is 0.529. The maximum Gasteiger partial charge on any atom is 0.410 e. The predicted octanol–water partition coefficient (Wildman–Crippen LogP) is 2.11. The number of rotatable bonds is 4. The Hall–Kier alpha value is -2.35. The Kier molecular flexibility index (Phi) is 5.37. The first-order chi connectivity index (χ1) is 12.0. The van der Waals surface area contributed by atoms with Crippen molar-refractivity contribution in [3.63, 3.8) is 0 Å². The maximum atomic E-state index is 14.0. The van der Waals surface area contributed by atoms with Gasteiger partial charge in [-0.05, 0) is 12.0 Å². The number of piperidine rings is 1. The van der Waals surface area contributed by atoms with Gasteiger partial charge in [0.2, 0.25) is 0 Å². The van der Waals surface area contributed by atoms with Crippen LogP contribution in [0.5, 0.6) is 0 Å². The Labute approximate surface area is 144 Å². The van der Waals surface area contributed by atoms with Crippen molar-refractivity contribution in [3.8, 4) is 0 Å². The third kappa shape index (κ3) is 4.39. The lowest BCUT2D eigenvalue weighted by atomic mass is 10.1. The monoisotopic (exact) mass is 352 g/mol. The number of halogens is 1. The van der Waals surface area contributed by atoms with Crippen LogP contribution in [0, 0.1) is 0 Å². The molecule has 0 unspecified atom stereocenters. The third-order valence-corrected chi connectivity index (χ3v) is 4.43. The number of nitrogens with zero attached hydrogens (tertiary/aromatic N) is 2. The van der Waals surface area contributed by atoms with Gasteiger partial charge in [-0.1, -0.05) is 30.3 Å². The van der Waals surface area contributed by atoms with Gasteiger partial charge < -0.3 is 24.4 Å². The minimum Gasteiger partial charge on any atom is -0.465 e. The van der Waals surface area contributed by atoms with Crippen LogP contribution in [0.15, 0.2) is 30.3 Å². The molecule has 8 heteroatoms. The molecule has 0 saturated carbocycles. The molecule has 2 atom stereocenters. The second kappa shape index (κ2) is 7.69. The molecule has 136 valence electrons. The van der Waals surface area contributed by atoms with E-state index >= 15 is 0 Å². The highest BCUT2D eigenvalue weighted by Crippen LogP contribution is 2.23. The Morgan fingerprint density at radius 3 is 2.52 bits per heavy atom. The molecule has 7 nitrogen and oxygen atoms in total. The summed E-state index contributed by atoms with van der Waals surface area (Å²) in [5.41, 5.74) is 0.912. The number of benzene rings is 1. The molecule has 2 amide bonds. The van der Waals surface area contributed by atoms with Crippen LogP contribution in [-0.2, 0) is 16.1 Å². The molecule has 3 rings (SSSR count). The van der Waals surface area contributed by atoms with Gasteiger partial charge in [-0.15, -0.1) is 0 Å². The van der Waals surface area contributed by atoms with E-state index in [1.165, 1.54) is 4.90 Å². The standard InChI is InChI=1S/C17H21FN2O5/c18-14-10-19(16(21)22)7-6-15(14)25-13-8-20(9-13)17(23)24-11-12-4-2-1-3-5-12/h1-5,13-15H,6-11H2,(H,21,22)/t14-,15-/m1/s1. The van der Waals surface area contributed by atoms with E-state index in [0.717, 1.165) is 10.5 Å². The lowest BCUT2D eigenvalue weighted by Gasteiger charge is -2.42. The Morgan fingerprint density at radius 1 is 1.16 bits per heavy atom. The van der Waals surface area contributed by atoms with Crippen LogP contribution in [0.2, 0.25) is 0 Å². The summed E-state index contributed by atoms with van der Waals surface area (Å²) in [5, 5.41) is 8.87. The zero-order chi connectivity index (χ0) is 17.8. The van der Waals surface area contributed by atoms with Gasteiger partial charge in [0.1, 0.15) is 12.8 Å². The van der Waals surface area contributed by atoms with Crippen LogP contribution >= 0.6 is 0 Å². The molecular formula is C17H21FN2O5. The van der Waals surface area contributed by atoms with Crippen LogP contribution in [0.4, 0.5) is 14.0 Å². The smallest absolute Gasteiger partial charge is 0.410 e. The number of carbonyl (C=O) groups excluding carboxylic acids is 1. The third-order valence-electron chi connectivity index (χ3n) is 4.43. The van der Waals surface area contributed by atoms with Gasteiger partial charge in [-0.25, -0.2) is 14.0 Å². The van der Waals surface area contributed by atoms with Crippen molar-refractivity contribution in [2.45, 2.75) is 31.4 Å². The first-order valence-corrected chi connectivity index (χ1v) is 8.26. The van der Waals surface area contributed by atoms with Crippen LogP contribution in [0.1, 0.15) is 12.0 Å². The molecule has 2 fully saturated rings. The molecule has 2 aliphatic heterocycles. The Morgan fingerprint density at radius 2 is 1.88 bits per heavy atom. The molecule has 2 aliphatic rings. The number of carbonyl (C=O) groups is 2. The summed E-state index contributed by atoms with van der Waals surface area (Å²) in [6, 6.07) is 9.39. The highest BCUT2D eigenvalue weighted by atomic mass is 19.1.